The number of ether oxygens (including phenoxy) is 1. The normalized spacial score (nSPS) is 12.2. The molecule has 1 aromatic rings. The van der Waals surface area contributed by atoms with Crippen LogP contribution in [-0.2, 0) is 16.1 Å². The smallest absolute Gasteiger partial charge is 0.302 e. The number of rotatable bonds is 3. The van der Waals surface area contributed by atoms with Crippen LogP contribution >= 0.6 is 0 Å². The predicted octanol–water partition coefficient (Wildman–Crippen LogP) is 1.80. The van der Waals surface area contributed by atoms with Crippen LogP contribution in [0.1, 0.15) is 31.1 Å². The van der Waals surface area contributed by atoms with Crippen molar-refractivity contribution in [2.45, 2.75) is 26.6 Å². The third-order valence-electron chi connectivity index (χ3n) is 1.90. The Hall–Kier alpha value is -1.35. The van der Waals surface area contributed by atoms with Crippen LogP contribution in [0.4, 0.5) is 0 Å². The SMILES string of the molecule is CC(=O)OCc1ccc(C(C)O)cc1. The molecule has 0 bridgehead atoms. The number of carbonyl (C=O) groups is 1. The van der Waals surface area contributed by atoms with Gasteiger partial charge in [0.1, 0.15) is 6.61 Å². The minimum absolute atomic E-state index is 0.287. The number of hydrogen-bond donors (Lipinski definition) is 1. The van der Waals surface area contributed by atoms with E-state index in [2.05, 4.69) is 0 Å². The summed E-state index contributed by atoms with van der Waals surface area (Å²) in [5, 5.41) is 9.25. The lowest BCUT2D eigenvalue weighted by molar-refractivity contribution is -0.142. The van der Waals surface area contributed by atoms with Crippen LogP contribution in [0, 0.1) is 0 Å². The molecule has 0 saturated heterocycles. The van der Waals surface area contributed by atoms with E-state index in [1.807, 2.05) is 24.3 Å². The molecule has 76 valence electrons. The first-order chi connectivity index (χ1) is 6.59. The molecule has 0 saturated carbocycles. The molecule has 3 heteroatoms. The van der Waals surface area contributed by atoms with E-state index in [-0.39, 0.29) is 12.6 Å². The van der Waals surface area contributed by atoms with Crippen LogP contribution in [0.3, 0.4) is 0 Å². The summed E-state index contributed by atoms with van der Waals surface area (Å²) in [5.74, 6) is -0.287. The minimum Gasteiger partial charge on any atom is -0.461 e. The van der Waals surface area contributed by atoms with Gasteiger partial charge in [-0.05, 0) is 18.1 Å². The zero-order valence-electron chi connectivity index (χ0n) is 8.36. The Morgan fingerprint density at radius 2 is 2.00 bits per heavy atom. The molecule has 0 aliphatic carbocycles. The van der Waals surface area contributed by atoms with Crippen LogP contribution in [0.2, 0.25) is 0 Å². The van der Waals surface area contributed by atoms with Crippen molar-refractivity contribution in [1.82, 2.24) is 0 Å². The van der Waals surface area contributed by atoms with E-state index in [0.717, 1.165) is 11.1 Å². The first-order valence-corrected chi connectivity index (χ1v) is 4.50. The van der Waals surface area contributed by atoms with Crippen LogP contribution in [0.25, 0.3) is 0 Å². The number of benzene rings is 1. The van der Waals surface area contributed by atoms with Gasteiger partial charge in [-0.1, -0.05) is 24.3 Å². The average molecular weight is 194 g/mol. The van der Waals surface area contributed by atoms with E-state index < -0.39 is 6.10 Å². The van der Waals surface area contributed by atoms with Crippen molar-refractivity contribution in [3.8, 4) is 0 Å². The van der Waals surface area contributed by atoms with Gasteiger partial charge < -0.3 is 9.84 Å². The lowest BCUT2D eigenvalue weighted by Crippen LogP contribution is -1.99. The third-order valence-corrected chi connectivity index (χ3v) is 1.90. The molecule has 1 atom stereocenters. The number of hydrogen-bond acceptors (Lipinski definition) is 3. The van der Waals surface area contributed by atoms with Gasteiger partial charge in [0, 0.05) is 6.92 Å². The first kappa shape index (κ1) is 10.7. The van der Waals surface area contributed by atoms with Gasteiger partial charge in [-0.2, -0.15) is 0 Å². The van der Waals surface area contributed by atoms with E-state index in [1.54, 1.807) is 6.92 Å². The fraction of sp³-hybridized carbons (Fsp3) is 0.364. The Labute approximate surface area is 83.3 Å². The van der Waals surface area contributed by atoms with Gasteiger partial charge in [0.05, 0.1) is 6.10 Å². The van der Waals surface area contributed by atoms with Gasteiger partial charge in [-0.25, -0.2) is 0 Å². The van der Waals surface area contributed by atoms with Crippen molar-refractivity contribution in [3.05, 3.63) is 35.4 Å². The maximum absolute atomic E-state index is 10.5. The van der Waals surface area contributed by atoms with E-state index in [1.165, 1.54) is 6.92 Å². The number of esters is 1. The molecule has 0 aliphatic rings. The molecular formula is C11H14O3. The van der Waals surface area contributed by atoms with E-state index in [9.17, 15) is 9.90 Å². The molecular weight excluding hydrogens is 180 g/mol. The highest BCUT2D eigenvalue weighted by atomic mass is 16.5. The highest BCUT2D eigenvalue weighted by Crippen LogP contribution is 2.13. The molecule has 3 nitrogen and oxygen atoms in total. The number of carbonyl (C=O) groups excluding carboxylic acids is 1. The number of aliphatic hydroxyl groups is 1. The highest BCUT2D eigenvalue weighted by molar-refractivity contribution is 5.65. The predicted molar refractivity (Wildman–Crippen MR) is 52.5 cm³/mol. The summed E-state index contributed by atoms with van der Waals surface area (Å²) in [6.45, 7) is 3.38. The molecule has 0 heterocycles. The van der Waals surface area contributed by atoms with Gasteiger partial charge >= 0.3 is 5.97 Å². The summed E-state index contributed by atoms with van der Waals surface area (Å²) in [5.41, 5.74) is 1.78. The fourth-order valence-electron chi connectivity index (χ4n) is 1.08. The molecule has 1 unspecified atom stereocenters. The summed E-state index contributed by atoms with van der Waals surface area (Å²) in [7, 11) is 0. The van der Waals surface area contributed by atoms with Crippen LogP contribution in [0.5, 0.6) is 0 Å². The second kappa shape index (κ2) is 4.77. The van der Waals surface area contributed by atoms with Crippen molar-refractivity contribution in [1.29, 1.82) is 0 Å². The van der Waals surface area contributed by atoms with Crippen molar-refractivity contribution in [3.63, 3.8) is 0 Å². The standard InChI is InChI=1S/C11H14O3/c1-8(12)11-5-3-10(4-6-11)7-14-9(2)13/h3-6,8,12H,7H2,1-2H3. The molecule has 14 heavy (non-hydrogen) atoms. The molecule has 1 N–H and O–H groups in total. The Balaban J connectivity index is 2.59. The third kappa shape index (κ3) is 3.18. The van der Waals surface area contributed by atoms with E-state index in [4.69, 9.17) is 4.74 Å². The summed E-state index contributed by atoms with van der Waals surface area (Å²) in [6.07, 6.45) is -0.460. The largest absolute Gasteiger partial charge is 0.461 e. The maximum Gasteiger partial charge on any atom is 0.302 e. The Morgan fingerprint density at radius 1 is 1.43 bits per heavy atom. The topological polar surface area (TPSA) is 46.5 Å². The molecule has 0 aromatic heterocycles. The second-order valence-electron chi connectivity index (χ2n) is 3.20. The summed E-state index contributed by atoms with van der Waals surface area (Å²) >= 11 is 0. The lowest BCUT2D eigenvalue weighted by Gasteiger charge is -2.06. The van der Waals surface area contributed by atoms with Crippen molar-refractivity contribution >= 4 is 5.97 Å². The molecule has 1 aromatic carbocycles. The van der Waals surface area contributed by atoms with Gasteiger partial charge in [0.2, 0.25) is 0 Å². The quantitative estimate of drug-likeness (QED) is 0.746. The maximum atomic E-state index is 10.5. The summed E-state index contributed by atoms with van der Waals surface area (Å²) in [4.78, 5) is 10.5. The van der Waals surface area contributed by atoms with Gasteiger partial charge in [-0.15, -0.1) is 0 Å². The second-order valence-corrected chi connectivity index (χ2v) is 3.20. The minimum atomic E-state index is -0.460. The molecule has 0 amide bonds. The molecule has 1 rings (SSSR count). The van der Waals surface area contributed by atoms with Crippen LogP contribution in [0.15, 0.2) is 24.3 Å². The highest BCUT2D eigenvalue weighted by Gasteiger charge is 2.00. The molecule has 0 spiro atoms. The van der Waals surface area contributed by atoms with Crippen molar-refractivity contribution in [2.75, 3.05) is 0 Å². The summed E-state index contributed by atoms with van der Waals surface area (Å²) in [6, 6.07) is 7.32. The van der Waals surface area contributed by atoms with Gasteiger partial charge in [-0.3, -0.25) is 4.79 Å². The Kier molecular flexibility index (Phi) is 3.65. The molecule has 0 aliphatic heterocycles. The first-order valence-electron chi connectivity index (χ1n) is 4.50. The number of aliphatic hydroxyl groups excluding tert-OH is 1. The zero-order chi connectivity index (χ0) is 10.6. The summed E-state index contributed by atoms with van der Waals surface area (Å²) < 4.78 is 4.83. The van der Waals surface area contributed by atoms with Gasteiger partial charge in [0.25, 0.3) is 0 Å². The van der Waals surface area contributed by atoms with Crippen LogP contribution in [-0.4, -0.2) is 11.1 Å². The Bertz CT molecular complexity index is 301. The van der Waals surface area contributed by atoms with Crippen LogP contribution < -0.4 is 0 Å². The van der Waals surface area contributed by atoms with Gasteiger partial charge in [0.15, 0.2) is 0 Å². The Morgan fingerprint density at radius 3 is 2.43 bits per heavy atom. The van der Waals surface area contributed by atoms with Crippen molar-refractivity contribution < 1.29 is 14.6 Å². The van der Waals surface area contributed by atoms with Crippen molar-refractivity contribution in [2.24, 2.45) is 0 Å². The molecule has 0 fully saturated rings. The average Bonchev–Trinajstić information content (AvgIpc) is 2.15. The van der Waals surface area contributed by atoms with E-state index in [0.29, 0.717) is 0 Å². The van der Waals surface area contributed by atoms with E-state index >= 15 is 0 Å². The zero-order valence-corrected chi connectivity index (χ0v) is 8.36. The lowest BCUT2D eigenvalue weighted by atomic mass is 10.1. The monoisotopic (exact) mass is 194 g/mol. The molecule has 0 radical (unpaired) electrons. The fourth-order valence-corrected chi connectivity index (χ4v) is 1.08.